The van der Waals surface area contributed by atoms with Crippen LogP contribution in [0.4, 0.5) is 0 Å². The van der Waals surface area contributed by atoms with Crippen LogP contribution in [0.1, 0.15) is 30.5 Å². The molecule has 2 heterocycles. The average Bonchev–Trinajstić information content (AvgIpc) is 2.96. The smallest absolute Gasteiger partial charge is 0.122 e. The maximum Gasteiger partial charge on any atom is 0.122 e. The highest BCUT2D eigenvalue weighted by atomic mass is 32.2. The van der Waals surface area contributed by atoms with Gasteiger partial charge in [-0.15, -0.1) is 23.1 Å². The Labute approximate surface area is 134 Å². The zero-order valence-corrected chi connectivity index (χ0v) is 14.1. The van der Waals surface area contributed by atoms with Crippen LogP contribution in [0, 0.1) is 0 Å². The van der Waals surface area contributed by atoms with E-state index in [0.29, 0.717) is 11.3 Å². The molecule has 1 unspecified atom stereocenters. The van der Waals surface area contributed by atoms with Crippen LogP contribution in [0.2, 0.25) is 0 Å². The summed E-state index contributed by atoms with van der Waals surface area (Å²) in [6.45, 7) is 3.31. The minimum Gasteiger partial charge on any atom is -0.496 e. The van der Waals surface area contributed by atoms with Crippen LogP contribution in [-0.4, -0.2) is 18.9 Å². The van der Waals surface area contributed by atoms with Crippen molar-refractivity contribution in [3.05, 3.63) is 46.8 Å². The van der Waals surface area contributed by atoms with Crippen LogP contribution in [-0.2, 0) is 6.42 Å². The van der Waals surface area contributed by atoms with Crippen LogP contribution in [0.15, 0.2) is 39.9 Å². The van der Waals surface area contributed by atoms with Crippen molar-refractivity contribution >= 4 is 23.1 Å². The fourth-order valence-corrected chi connectivity index (χ4v) is 5.40. The maximum absolute atomic E-state index is 5.42. The lowest BCUT2D eigenvalue weighted by Gasteiger charge is -2.27. The summed E-state index contributed by atoms with van der Waals surface area (Å²) in [5.41, 5.74) is 2.76. The SMILES string of the molecule is COc1ccccc1CCNC1C[C@H](C)Sc2sccc21. The molecule has 1 N–H and O–H groups in total. The van der Waals surface area contributed by atoms with E-state index in [2.05, 4.69) is 35.8 Å². The predicted molar refractivity (Wildman–Crippen MR) is 91.7 cm³/mol. The molecule has 0 radical (unpaired) electrons. The Balaban J connectivity index is 1.61. The third kappa shape index (κ3) is 3.44. The third-order valence-electron chi connectivity index (χ3n) is 3.89. The fraction of sp³-hybridized carbons (Fsp3) is 0.412. The zero-order valence-electron chi connectivity index (χ0n) is 12.5. The van der Waals surface area contributed by atoms with E-state index in [-0.39, 0.29) is 0 Å². The molecule has 0 aliphatic carbocycles. The first kappa shape index (κ1) is 14.9. The number of para-hydroxylation sites is 1. The summed E-state index contributed by atoms with van der Waals surface area (Å²) in [7, 11) is 1.74. The lowest BCUT2D eigenvalue weighted by atomic mass is 10.0. The maximum atomic E-state index is 5.42. The van der Waals surface area contributed by atoms with Gasteiger partial charge in [0.2, 0.25) is 0 Å². The van der Waals surface area contributed by atoms with Gasteiger partial charge in [-0.1, -0.05) is 25.1 Å². The Morgan fingerprint density at radius 3 is 3.00 bits per heavy atom. The van der Waals surface area contributed by atoms with Gasteiger partial charge in [0.1, 0.15) is 5.75 Å². The van der Waals surface area contributed by atoms with Crippen molar-refractivity contribution in [3.63, 3.8) is 0 Å². The highest BCUT2D eigenvalue weighted by Crippen LogP contribution is 2.43. The molecule has 2 nitrogen and oxygen atoms in total. The van der Waals surface area contributed by atoms with Gasteiger partial charge < -0.3 is 10.1 Å². The van der Waals surface area contributed by atoms with Crippen LogP contribution in [0.3, 0.4) is 0 Å². The molecule has 0 saturated heterocycles. The summed E-state index contributed by atoms with van der Waals surface area (Å²) in [5.74, 6) is 0.989. The number of methoxy groups -OCH3 is 1. The lowest BCUT2D eigenvalue weighted by molar-refractivity contribution is 0.407. The molecule has 1 aliphatic rings. The van der Waals surface area contributed by atoms with Gasteiger partial charge >= 0.3 is 0 Å². The lowest BCUT2D eigenvalue weighted by Crippen LogP contribution is -2.28. The molecule has 2 atom stereocenters. The number of hydrogen-bond acceptors (Lipinski definition) is 4. The minimum atomic E-state index is 0.497. The van der Waals surface area contributed by atoms with Gasteiger partial charge in [-0.05, 0) is 48.0 Å². The van der Waals surface area contributed by atoms with E-state index >= 15 is 0 Å². The van der Waals surface area contributed by atoms with Gasteiger partial charge in [-0.3, -0.25) is 0 Å². The third-order valence-corrected chi connectivity index (χ3v) is 6.23. The molecule has 112 valence electrons. The first-order valence-corrected chi connectivity index (χ1v) is 9.13. The Hall–Kier alpha value is -0.970. The Morgan fingerprint density at radius 1 is 1.29 bits per heavy atom. The molecule has 0 saturated carbocycles. The van der Waals surface area contributed by atoms with E-state index in [1.807, 2.05) is 35.2 Å². The van der Waals surface area contributed by atoms with Crippen LogP contribution in [0.25, 0.3) is 0 Å². The molecule has 0 amide bonds. The predicted octanol–water partition coefficient (Wildman–Crippen LogP) is 4.51. The minimum absolute atomic E-state index is 0.497. The van der Waals surface area contributed by atoms with Crippen LogP contribution in [0.5, 0.6) is 5.75 Å². The summed E-state index contributed by atoms with van der Waals surface area (Å²) in [6, 6.07) is 11.1. The standard InChI is InChI=1S/C17H21NOS2/c1-12-11-15(14-8-10-20-17(14)21-12)18-9-7-13-5-3-4-6-16(13)19-2/h3-6,8,10,12,15,18H,7,9,11H2,1-2H3/t12-,15?/m0/s1. The Morgan fingerprint density at radius 2 is 2.14 bits per heavy atom. The van der Waals surface area contributed by atoms with E-state index in [1.165, 1.54) is 21.8 Å². The molecule has 21 heavy (non-hydrogen) atoms. The number of ether oxygens (including phenoxy) is 1. The van der Waals surface area contributed by atoms with Crippen molar-refractivity contribution in [2.75, 3.05) is 13.7 Å². The van der Waals surface area contributed by atoms with Crippen molar-refractivity contribution in [2.24, 2.45) is 0 Å². The fourth-order valence-electron chi connectivity index (χ4n) is 2.83. The molecule has 0 spiro atoms. The van der Waals surface area contributed by atoms with E-state index < -0.39 is 0 Å². The van der Waals surface area contributed by atoms with E-state index in [0.717, 1.165) is 18.7 Å². The number of hydrogen-bond donors (Lipinski definition) is 1. The second kappa shape index (κ2) is 6.86. The van der Waals surface area contributed by atoms with Gasteiger partial charge in [0.05, 0.1) is 11.3 Å². The van der Waals surface area contributed by atoms with E-state index in [4.69, 9.17) is 4.74 Å². The number of thioether (sulfide) groups is 1. The Kier molecular flexibility index (Phi) is 4.88. The first-order valence-electron chi connectivity index (χ1n) is 7.37. The monoisotopic (exact) mass is 319 g/mol. The average molecular weight is 319 g/mol. The molecule has 1 aromatic carbocycles. The molecule has 0 fully saturated rings. The Bertz CT molecular complexity index is 596. The number of thiophene rings is 1. The summed E-state index contributed by atoms with van der Waals surface area (Å²) in [5, 5.41) is 6.64. The highest BCUT2D eigenvalue weighted by Gasteiger charge is 2.25. The second-order valence-corrected chi connectivity index (χ2v) is 8.02. The van der Waals surface area contributed by atoms with Crippen molar-refractivity contribution in [2.45, 2.75) is 35.3 Å². The molecule has 3 rings (SSSR count). The van der Waals surface area contributed by atoms with Crippen LogP contribution >= 0.6 is 23.1 Å². The molecular weight excluding hydrogens is 298 g/mol. The second-order valence-electron chi connectivity index (χ2n) is 5.40. The van der Waals surface area contributed by atoms with Gasteiger partial charge in [0, 0.05) is 11.3 Å². The summed E-state index contributed by atoms with van der Waals surface area (Å²) in [4.78, 5) is 0. The first-order chi connectivity index (χ1) is 10.3. The van der Waals surface area contributed by atoms with Crippen LogP contribution < -0.4 is 10.1 Å². The normalized spacial score (nSPS) is 21.0. The van der Waals surface area contributed by atoms with E-state index in [1.54, 1.807) is 7.11 Å². The highest BCUT2D eigenvalue weighted by molar-refractivity contribution is 8.01. The number of nitrogens with one attached hydrogen (secondary N) is 1. The van der Waals surface area contributed by atoms with Gasteiger partial charge in [0.25, 0.3) is 0 Å². The summed E-state index contributed by atoms with van der Waals surface area (Å²) >= 11 is 3.89. The number of benzene rings is 1. The van der Waals surface area contributed by atoms with Crippen molar-refractivity contribution < 1.29 is 4.74 Å². The van der Waals surface area contributed by atoms with Crippen molar-refractivity contribution in [1.82, 2.24) is 5.32 Å². The summed E-state index contributed by atoms with van der Waals surface area (Å²) < 4.78 is 6.91. The molecule has 0 bridgehead atoms. The number of rotatable bonds is 5. The van der Waals surface area contributed by atoms with Gasteiger partial charge in [-0.2, -0.15) is 0 Å². The zero-order chi connectivity index (χ0) is 14.7. The van der Waals surface area contributed by atoms with Crippen molar-refractivity contribution in [1.29, 1.82) is 0 Å². The quantitative estimate of drug-likeness (QED) is 0.876. The van der Waals surface area contributed by atoms with E-state index in [9.17, 15) is 0 Å². The van der Waals surface area contributed by atoms with Crippen molar-refractivity contribution in [3.8, 4) is 5.75 Å². The molecule has 2 aromatic rings. The largest absolute Gasteiger partial charge is 0.496 e. The van der Waals surface area contributed by atoms with Gasteiger partial charge in [-0.25, -0.2) is 0 Å². The molecule has 1 aliphatic heterocycles. The molecule has 1 aromatic heterocycles. The number of fused-ring (bicyclic) bond motifs is 1. The molecule has 4 heteroatoms. The topological polar surface area (TPSA) is 21.3 Å². The molecular formula is C17H21NOS2. The van der Waals surface area contributed by atoms with Gasteiger partial charge in [0.15, 0.2) is 0 Å². The summed E-state index contributed by atoms with van der Waals surface area (Å²) in [6.07, 6.45) is 2.21.